The quantitative estimate of drug-likeness (QED) is 0.740. The molecule has 0 spiro atoms. The molecule has 2 aromatic heterocycles. The minimum atomic E-state index is -0.162. The number of hydrogen-bond acceptors (Lipinski definition) is 5. The van der Waals surface area contributed by atoms with E-state index in [1.165, 1.54) is 25.7 Å². The Morgan fingerprint density at radius 1 is 1.00 bits per heavy atom. The molecule has 0 unspecified atom stereocenters. The molecule has 0 amide bonds. The second-order valence-electron chi connectivity index (χ2n) is 4.82. The first-order valence-electron chi connectivity index (χ1n) is 6.96. The molecular weight excluding hydrogens is 296 g/mol. The smallest absolute Gasteiger partial charge is 0.265 e. The third-order valence-corrected chi connectivity index (χ3v) is 3.59. The number of fused-ring (bicyclic) bond motifs is 1. The summed E-state index contributed by atoms with van der Waals surface area (Å²) in [6.07, 6.45) is 3.24. The van der Waals surface area contributed by atoms with Crippen LogP contribution >= 0.6 is 0 Å². The fourth-order valence-electron chi connectivity index (χ4n) is 2.46. The number of pyridine rings is 1. The van der Waals surface area contributed by atoms with E-state index in [-0.39, 0.29) is 5.56 Å². The fraction of sp³-hybridized carbons (Fsp3) is 0.176. The number of aromatic nitrogens is 2. The topological polar surface area (TPSA) is 62.1 Å². The zero-order chi connectivity index (χ0) is 16.4. The van der Waals surface area contributed by atoms with Crippen molar-refractivity contribution in [2.24, 2.45) is 0 Å². The van der Waals surface area contributed by atoms with Gasteiger partial charge in [0.25, 0.3) is 5.56 Å². The summed E-state index contributed by atoms with van der Waals surface area (Å²) in [5, 5.41) is 0. The van der Waals surface area contributed by atoms with Crippen molar-refractivity contribution >= 4 is 5.65 Å². The molecule has 0 fully saturated rings. The van der Waals surface area contributed by atoms with Crippen molar-refractivity contribution in [2.45, 2.75) is 0 Å². The normalized spacial score (nSPS) is 10.6. The van der Waals surface area contributed by atoms with Crippen LogP contribution in [-0.2, 0) is 0 Å². The lowest BCUT2D eigenvalue weighted by Crippen LogP contribution is -2.16. The van der Waals surface area contributed by atoms with Gasteiger partial charge in [-0.25, -0.2) is 4.98 Å². The van der Waals surface area contributed by atoms with Gasteiger partial charge in [-0.2, -0.15) is 0 Å². The number of ether oxygens (including phenoxy) is 3. The van der Waals surface area contributed by atoms with E-state index in [2.05, 4.69) is 4.98 Å². The zero-order valence-electron chi connectivity index (χ0n) is 13.1. The summed E-state index contributed by atoms with van der Waals surface area (Å²) in [4.78, 5) is 17.0. The molecule has 2 heterocycles. The number of nitrogens with zero attached hydrogens (tertiary/aromatic N) is 2. The van der Waals surface area contributed by atoms with Gasteiger partial charge in [-0.15, -0.1) is 0 Å². The van der Waals surface area contributed by atoms with Crippen molar-refractivity contribution in [3.63, 3.8) is 0 Å². The van der Waals surface area contributed by atoms with Gasteiger partial charge in [-0.05, 0) is 29.8 Å². The summed E-state index contributed by atoms with van der Waals surface area (Å²) >= 11 is 0. The Kier molecular flexibility index (Phi) is 3.89. The van der Waals surface area contributed by atoms with Crippen molar-refractivity contribution in [1.29, 1.82) is 0 Å². The lowest BCUT2D eigenvalue weighted by molar-refractivity contribution is 0.324. The van der Waals surface area contributed by atoms with Crippen molar-refractivity contribution in [1.82, 2.24) is 9.38 Å². The van der Waals surface area contributed by atoms with Crippen LogP contribution in [0.25, 0.3) is 16.8 Å². The van der Waals surface area contributed by atoms with Crippen LogP contribution in [0.5, 0.6) is 17.2 Å². The Balaban J connectivity index is 2.27. The van der Waals surface area contributed by atoms with Crippen molar-refractivity contribution in [3.05, 3.63) is 53.1 Å². The van der Waals surface area contributed by atoms with Gasteiger partial charge < -0.3 is 14.2 Å². The Hall–Kier alpha value is -3.02. The van der Waals surface area contributed by atoms with Crippen molar-refractivity contribution in [2.75, 3.05) is 21.3 Å². The Labute approximate surface area is 132 Å². The molecule has 3 rings (SSSR count). The Bertz CT molecular complexity index is 893. The second-order valence-corrected chi connectivity index (χ2v) is 4.82. The number of rotatable bonds is 4. The SMILES string of the molecule is COc1cc(-c2cnc3ccccn3c2=O)cc(OC)c1OC. The maximum absolute atomic E-state index is 12.7. The molecule has 0 saturated heterocycles. The highest BCUT2D eigenvalue weighted by Crippen LogP contribution is 2.40. The summed E-state index contributed by atoms with van der Waals surface area (Å²) < 4.78 is 17.5. The molecule has 0 radical (unpaired) electrons. The lowest BCUT2D eigenvalue weighted by atomic mass is 10.1. The van der Waals surface area contributed by atoms with Gasteiger partial charge in [-0.1, -0.05) is 6.07 Å². The van der Waals surface area contributed by atoms with E-state index in [0.29, 0.717) is 34.0 Å². The van der Waals surface area contributed by atoms with E-state index in [0.717, 1.165) is 0 Å². The summed E-state index contributed by atoms with van der Waals surface area (Å²) in [7, 11) is 4.60. The minimum absolute atomic E-state index is 0.162. The Morgan fingerprint density at radius 3 is 2.30 bits per heavy atom. The maximum Gasteiger partial charge on any atom is 0.265 e. The van der Waals surface area contributed by atoms with E-state index in [4.69, 9.17) is 14.2 Å². The number of hydrogen-bond donors (Lipinski definition) is 0. The average molecular weight is 312 g/mol. The molecule has 23 heavy (non-hydrogen) atoms. The molecule has 118 valence electrons. The van der Waals surface area contributed by atoms with Gasteiger partial charge >= 0.3 is 0 Å². The standard InChI is InChI=1S/C17H16N2O4/c1-21-13-8-11(9-14(22-2)16(13)23-3)12-10-18-15-6-4-5-7-19(15)17(12)20/h4-10H,1-3H3. The molecule has 0 atom stereocenters. The van der Waals surface area contributed by atoms with Gasteiger partial charge in [0.05, 0.1) is 26.9 Å². The highest BCUT2D eigenvalue weighted by atomic mass is 16.5. The summed E-state index contributed by atoms with van der Waals surface area (Å²) in [6, 6.07) is 8.86. The van der Waals surface area contributed by atoms with Gasteiger partial charge in [0, 0.05) is 12.4 Å². The van der Waals surface area contributed by atoms with Crippen LogP contribution in [-0.4, -0.2) is 30.7 Å². The molecule has 1 aromatic carbocycles. The van der Waals surface area contributed by atoms with E-state index >= 15 is 0 Å². The first kappa shape index (κ1) is 14.9. The van der Waals surface area contributed by atoms with E-state index in [9.17, 15) is 4.79 Å². The van der Waals surface area contributed by atoms with Crippen molar-refractivity contribution < 1.29 is 14.2 Å². The first-order valence-corrected chi connectivity index (χ1v) is 6.96. The molecule has 0 bridgehead atoms. The van der Waals surface area contributed by atoms with Crippen LogP contribution in [0.15, 0.2) is 47.5 Å². The molecule has 0 N–H and O–H groups in total. The number of methoxy groups -OCH3 is 3. The van der Waals surface area contributed by atoms with Crippen LogP contribution in [0.3, 0.4) is 0 Å². The van der Waals surface area contributed by atoms with Crippen LogP contribution < -0.4 is 19.8 Å². The minimum Gasteiger partial charge on any atom is -0.493 e. The number of benzene rings is 1. The predicted molar refractivity (Wildman–Crippen MR) is 86.6 cm³/mol. The molecule has 0 aliphatic heterocycles. The lowest BCUT2D eigenvalue weighted by Gasteiger charge is -2.14. The van der Waals surface area contributed by atoms with Crippen molar-refractivity contribution in [3.8, 4) is 28.4 Å². The summed E-state index contributed by atoms with van der Waals surface area (Å²) in [6.45, 7) is 0. The molecule has 6 heteroatoms. The highest BCUT2D eigenvalue weighted by molar-refractivity contribution is 5.70. The second kappa shape index (κ2) is 6.00. The first-order chi connectivity index (χ1) is 11.2. The molecule has 0 saturated carbocycles. The molecule has 0 aliphatic carbocycles. The van der Waals surface area contributed by atoms with E-state index in [1.54, 1.807) is 36.7 Å². The van der Waals surface area contributed by atoms with Gasteiger partial charge in [0.1, 0.15) is 5.65 Å². The predicted octanol–water partition coefficient (Wildman–Crippen LogP) is 2.39. The van der Waals surface area contributed by atoms with E-state index < -0.39 is 0 Å². The average Bonchev–Trinajstić information content (AvgIpc) is 2.61. The van der Waals surface area contributed by atoms with Crippen LogP contribution in [0, 0.1) is 0 Å². The fourth-order valence-corrected chi connectivity index (χ4v) is 2.46. The third-order valence-electron chi connectivity index (χ3n) is 3.59. The highest BCUT2D eigenvalue weighted by Gasteiger charge is 2.16. The largest absolute Gasteiger partial charge is 0.493 e. The molecular formula is C17H16N2O4. The van der Waals surface area contributed by atoms with Crippen LogP contribution in [0.4, 0.5) is 0 Å². The van der Waals surface area contributed by atoms with Gasteiger partial charge in [0.2, 0.25) is 5.75 Å². The molecule has 3 aromatic rings. The summed E-state index contributed by atoms with van der Waals surface area (Å²) in [5.41, 5.74) is 1.53. The molecule has 6 nitrogen and oxygen atoms in total. The van der Waals surface area contributed by atoms with Crippen LogP contribution in [0.1, 0.15) is 0 Å². The van der Waals surface area contributed by atoms with Gasteiger partial charge in [-0.3, -0.25) is 9.20 Å². The third kappa shape index (κ3) is 2.48. The van der Waals surface area contributed by atoms with E-state index in [1.807, 2.05) is 6.07 Å². The zero-order valence-corrected chi connectivity index (χ0v) is 13.1. The maximum atomic E-state index is 12.7. The van der Waals surface area contributed by atoms with Gasteiger partial charge in [0.15, 0.2) is 11.5 Å². The van der Waals surface area contributed by atoms with Crippen LogP contribution in [0.2, 0.25) is 0 Å². The Morgan fingerprint density at radius 2 is 1.70 bits per heavy atom. The molecule has 0 aliphatic rings. The monoisotopic (exact) mass is 312 g/mol. The summed E-state index contributed by atoms with van der Waals surface area (Å²) in [5.74, 6) is 1.45.